The average Bonchev–Trinajstić information content (AvgIpc) is 3.19. The van der Waals surface area contributed by atoms with Crippen molar-refractivity contribution >= 4 is 17.5 Å². The third-order valence-electron chi connectivity index (χ3n) is 5.34. The normalized spacial score (nSPS) is 15.1. The molecule has 3 aromatic rings. The number of amides is 2. The molecule has 2 N–H and O–H groups in total. The van der Waals surface area contributed by atoms with Crippen molar-refractivity contribution in [3.05, 3.63) is 77.7 Å². The summed E-state index contributed by atoms with van der Waals surface area (Å²) < 4.78 is 42.8. The first-order chi connectivity index (χ1) is 15.0. The molecular weight excluding hydrogens is 407 g/mol. The fraction of sp³-hybridized carbons (Fsp3) is 0.273. The van der Waals surface area contributed by atoms with E-state index >= 15 is 0 Å². The second-order valence-electron chi connectivity index (χ2n) is 7.46. The number of carbonyl (C=O) groups is 1. The molecule has 0 atom stereocenters. The van der Waals surface area contributed by atoms with Crippen LogP contribution in [0.3, 0.4) is 0 Å². The number of urea groups is 1. The molecule has 0 radical (unpaired) electrons. The van der Waals surface area contributed by atoms with Crippen LogP contribution in [0.4, 0.5) is 29.5 Å². The lowest BCUT2D eigenvalue weighted by Crippen LogP contribution is -2.35. The van der Waals surface area contributed by atoms with Gasteiger partial charge in [0.1, 0.15) is 23.3 Å². The van der Waals surface area contributed by atoms with Crippen LogP contribution >= 0.6 is 0 Å². The largest absolute Gasteiger partial charge is 0.324 e. The smallest absolute Gasteiger partial charge is 0.308 e. The summed E-state index contributed by atoms with van der Waals surface area (Å²) >= 11 is 0. The standard InChI is InChI=1S/C22H22F3N5O/c23-15-3-1-4-16(13-15)27-22(31)28-21-7-10-26-30(21)17-8-11-29(12-9-17)14-18-19(24)5-2-6-20(18)25/h1-7,10,13,17H,8-9,11-12,14H2,(H2,27,28,31). The van der Waals surface area contributed by atoms with Gasteiger partial charge >= 0.3 is 6.03 Å². The molecule has 0 bridgehead atoms. The Kier molecular flexibility index (Phi) is 6.22. The van der Waals surface area contributed by atoms with Crippen molar-refractivity contribution in [3.63, 3.8) is 0 Å². The van der Waals surface area contributed by atoms with Gasteiger partial charge in [0.05, 0.1) is 12.2 Å². The SMILES string of the molecule is O=C(Nc1cccc(F)c1)Nc1ccnn1C1CCN(Cc2c(F)cccc2F)CC1. The van der Waals surface area contributed by atoms with Crippen LogP contribution in [0.25, 0.3) is 0 Å². The Bertz CT molecular complexity index is 1040. The van der Waals surface area contributed by atoms with Crippen LogP contribution in [-0.2, 0) is 6.54 Å². The van der Waals surface area contributed by atoms with Gasteiger partial charge in [-0.1, -0.05) is 12.1 Å². The zero-order valence-electron chi connectivity index (χ0n) is 16.7. The number of nitrogens with one attached hydrogen (secondary N) is 2. The third kappa shape index (κ3) is 5.05. The number of anilines is 2. The highest BCUT2D eigenvalue weighted by Gasteiger charge is 2.24. The third-order valence-corrected chi connectivity index (χ3v) is 5.34. The maximum atomic E-state index is 13.9. The van der Waals surface area contributed by atoms with Crippen LogP contribution in [0.5, 0.6) is 0 Å². The summed E-state index contributed by atoms with van der Waals surface area (Å²) in [6.45, 7) is 1.51. The lowest BCUT2D eigenvalue weighted by Gasteiger charge is -2.32. The van der Waals surface area contributed by atoms with E-state index in [0.717, 1.165) is 12.8 Å². The first-order valence-corrected chi connectivity index (χ1v) is 10.0. The van der Waals surface area contributed by atoms with E-state index in [2.05, 4.69) is 15.7 Å². The van der Waals surface area contributed by atoms with Gasteiger partial charge in [0.25, 0.3) is 0 Å². The molecule has 2 heterocycles. The molecule has 1 aromatic heterocycles. The molecule has 162 valence electrons. The minimum atomic E-state index is -0.537. The maximum absolute atomic E-state index is 13.9. The van der Waals surface area contributed by atoms with E-state index in [4.69, 9.17) is 0 Å². The van der Waals surface area contributed by atoms with E-state index < -0.39 is 23.5 Å². The molecule has 9 heteroatoms. The molecule has 0 saturated carbocycles. The van der Waals surface area contributed by atoms with Crippen molar-refractivity contribution in [1.29, 1.82) is 0 Å². The molecule has 0 spiro atoms. The van der Waals surface area contributed by atoms with Crippen LogP contribution < -0.4 is 10.6 Å². The predicted octanol–water partition coefficient (Wildman–Crippen LogP) is 4.78. The average molecular weight is 429 g/mol. The van der Waals surface area contributed by atoms with Crippen molar-refractivity contribution in [1.82, 2.24) is 14.7 Å². The quantitative estimate of drug-likeness (QED) is 0.614. The highest BCUT2D eigenvalue weighted by molar-refractivity contribution is 5.99. The van der Waals surface area contributed by atoms with Crippen molar-refractivity contribution < 1.29 is 18.0 Å². The van der Waals surface area contributed by atoms with Gasteiger partial charge in [0.2, 0.25) is 0 Å². The van der Waals surface area contributed by atoms with Gasteiger partial charge in [-0.3, -0.25) is 10.2 Å². The number of aromatic nitrogens is 2. The number of benzene rings is 2. The molecule has 2 amide bonds. The van der Waals surface area contributed by atoms with E-state index in [-0.39, 0.29) is 18.2 Å². The van der Waals surface area contributed by atoms with Crippen molar-refractivity contribution in [3.8, 4) is 0 Å². The van der Waals surface area contributed by atoms with Gasteiger partial charge in [-0.2, -0.15) is 5.10 Å². The molecule has 4 rings (SSSR count). The number of hydrogen-bond donors (Lipinski definition) is 2. The molecule has 0 unspecified atom stereocenters. The first kappa shape index (κ1) is 20.9. The molecule has 2 aromatic carbocycles. The fourth-order valence-corrected chi connectivity index (χ4v) is 3.78. The number of rotatable bonds is 5. The van der Waals surface area contributed by atoms with E-state index in [1.165, 1.54) is 36.4 Å². The summed E-state index contributed by atoms with van der Waals surface area (Å²) in [6.07, 6.45) is 3.04. The predicted molar refractivity (Wildman–Crippen MR) is 111 cm³/mol. The van der Waals surface area contributed by atoms with E-state index in [1.807, 2.05) is 4.90 Å². The van der Waals surface area contributed by atoms with Crippen LogP contribution in [0.2, 0.25) is 0 Å². The van der Waals surface area contributed by atoms with E-state index in [9.17, 15) is 18.0 Å². The number of piperidine rings is 1. The van der Waals surface area contributed by atoms with Gasteiger partial charge in [-0.05, 0) is 43.2 Å². The Hall–Kier alpha value is -3.33. The van der Waals surface area contributed by atoms with Crippen molar-refractivity contribution in [2.45, 2.75) is 25.4 Å². The Labute approximate surface area is 177 Å². The van der Waals surface area contributed by atoms with Crippen molar-refractivity contribution in [2.24, 2.45) is 0 Å². The van der Waals surface area contributed by atoms with Crippen LogP contribution in [0, 0.1) is 17.5 Å². The molecule has 1 aliphatic heterocycles. The van der Waals surface area contributed by atoms with Crippen LogP contribution in [0.15, 0.2) is 54.7 Å². The molecular formula is C22H22F3N5O. The van der Waals surface area contributed by atoms with Gasteiger partial charge in [-0.25, -0.2) is 22.6 Å². The Morgan fingerprint density at radius 2 is 1.71 bits per heavy atom. The summed E-state index contributed by atoms with van der Waals surface area (Å²) in [5.74, 6) is -0.993. The highest BCUT2D eigenvalue weighted by Crippen LogP contribution is 2.27. The monoisotopic (exact) mass is 429 g/mol. The van der Waals surface area contributed by atoms with Crippen LogP contribution in [0.1, 0.15) is 24.4 Å². The number of likely N-dealkylation sites (tertiary alicyclic amines) is 1. The topological polar surface area (TPSA) is 62.2 Å². The minimum Gasteiger partial charge on any atom is -0.308 e. The zero-order chi connectivity index (χ0) is 21.8. The number of carbonyl (C=O) groups excluding carboxylic acids is 1. The fourth-order valence-electron chi connectivity index (χ4n) is 3.78. The lowest BCUT2D eigenvalue weighted by atomic mass is 10.0. The van der Waals surface area contributed by atoms with Gasteiger partial charge in [-0.15, -0.1) is 0 Å². The zero-order valence-corrected chi connectivity index (χ0v) is 16.7. The Morgan fingerprint density at radius 1 is 1.00 bits per heavy atom. The maximum Gasteiger partial charge on any atom is 0.324 e. The molecule has 1 aliphatic rings. The molecule has 31 heavy (non-hydrogen) atoms. The Balaban J connectivity index is 1.34. The first-order valence-electron chi connectivity index (χ1n) is 10.0. The summed E-state index contributed by atoms with van der Waals surface area (Å²) in [5.41, 5.74) is 0.425. The second-order valence-corrected chi connectivity index (χ2v) is 7.46. The number of hydrogen-bond acceptors (Lipinski definition) is 3. The van der Waals surface area contributed by atoms with E-state index in [0.29, 0.717) is 24.6 Å². The number of nitrogens with zero attached hydrogens (tertiary/aromatic N) is 3. The van der Waals surface area contributed by atoms with E-state index in [1.54, 1.807) is 23.0 Å². The molecule has 1 saturated heterocycles. The van der Waals surface area contributed by atoms with Crippen LogP contribution in [-0.4, -0.2) is 33.8 Å². The summed E-state index contributed by atoms with van der Waals surface area (Å²) in [7, 11) is 0. The number of halogens is 3. The molecule has 6 nitrogen and oxygen atoms in total. The summed E-state index contributed by atoms with van der Waals surface area (Å²) in [6, 6.07) is 10.7. The van der Waals surface area contributed by atoms with Gasteiger partial charge in [0, 0.05) is 37.0 Å². The Morgan fingerprint density at radius 3 is 2.42 bits per heavy atom. The second kappa shape index (κ2) is 9.22. The van der Waals surface area contributed by atoms with Gasteiger partial charge in [0.15, 0.2) is 0 Å². The van der Waals surface area contributed by atoms with Gasteiger partial charge < -0.3 is 5.32 Å². The molecule has 0 aliphatic carbocycles. The summed E-state index contributed by atoms with van der Waals surface area (Å²) in [5, 5.41) is 9.65. The highest BCUT2D eigenvalue weighted by atomic mass is 19.1. The lowest BCUT2D eigenvalue weighted by molar-refractivity contribution is 0.171. The summed E-state index contributed by atoms with van der Waals surface area (Å²) in [4.78, 5) is 14.3. The molecule has 1 fully saturated rings. The minimum absolute atomic E-state index is 0.0428. The van der Waals surface area contributed by atoms with Crippen molar-refractivity contribution in [2.75, 3.05) is 23.7 Å².